The number of aromatic amines is 1. The molecule has 0 bridgehead atoms. The first-order valence-electron chi connectivity index (χ1n) is 10.5. The van der Waals surface area contributed by atoms with Crippen LogP contribution >= 0.6 is 0 Å². The van der Waals surface area contributed by atoms with Gasteiger partial charge in [-0.3, -0.25) is 4.79 Å². The van der Waals surface area contributed by atoms with Crippen LogP contribution in [-0.4, -0.2) is 59.2 Å². The maximum absolute atomic E-state index is 13.3. The zero-order valence-corrected chi connectivity index (χ0v) is 18.3. The number of carbonyl (C=O) groups excluding carboxylic acids is 1. The lowest BCUT2D eigenvalue weighted by Gasteiger charge is -2.25. The Labute approximate surface area is 180 Å². The summed E-state index contributed by atoms with van der Waals surface area (Å²) in [4.78, 5) is 22.8. The first-order valence-corrected chi connectivity index (χ1v) is 12.1. The van der Waals surface area contributed by atoms with E-state index >= 15 is 0 Å². The van der Waals surface area contributed by atoms with E-state index in [2.05, 4.69) is 19.8 Å². The smallest absolute Gasteiger partial charge is 0.253 e. The van der Waals surface area contributed by atoms with E-state index in [9.17, 15) is 13.2 Å². The zero-order chi connectivity index (χ0) is 21.8. The maximum Gasteiger partial charge on any atom is 0.253 e. The average molecular weight is 444 g/mol. The van der Waals surface area contributed by atoms with Gasteiger partial charge in [-0.05, 0) is 56.2 Å². The van der Waals surface area contributed by atoms with Crippen molar-refractivity contribution >= 4 is 26.8 Å². The number of nitrogens with one attached hydrogen (secondary N) is 2. The molecule has 3 atom stereocenters. The van der Waals surface area contributed by atoms with Crippen molar-refractivity contribution in [1.29, 1.82) is 0 Å². The number of aryl methyl sites for hydroxylation is 1. The summed E-state index contributed by atoms with van der Waals surface area (Å²) >= 11 is 0. The van der Waals surface area contributed by atoms with Gasteiger partial charge in [0.1, 0.15) is 0 Å². The molecule has 1 aliphatic carbocycles. The van der Waals surface area contributed by atoms with Crippen molar-refractivity contribution in [1.82, 2.24) is 24.7 Å². The van der Waals surface area contributed by atoms with Crippen LogP contribution in [0.25, 0.3) is 10.9 Å². The Kier molecular flexibility index (Phi) is 4.67. The number of benzene rings is 1. The molecule has 0 spiro atoms. The molecule has 9 nitrogen and oxygen atoms in total. The predicted molar refractivity (Wildman–Crippen MR) is 114 cm³/mol. The summed E-state index contributed by atoms with van der Waals surface area (Å²) < 4.78 is 32.6. The van der Waals surface area contributed by atoms with E-state index < -0.39 is 15.4 Å². The van der Waals surface area contributed by atoms with E-state index in [1.165, 1.54) is 0 Å². The number of hydrogen-bond donors (Lipinski definition) is 2. The molecule has 1 saturated carbocycles. The third-order valence-electron chi connectivity index (χ3n) is 6.64. The lowest BCUT2D eigenvalue weighted by atomic mass is 9.80. The lowest BCUT2D eigenvalue weighted by molar-refractivity contribution is 0.0773. The first-order chi connectivity index (χ1) is 14.8. The molecule has 3 heterocycles. The highest BCUT2D eigenvalue weighted by Crippen LogP contribution is 2.50. The minimum absolute atomic E-state index is 0.0344. The second-order valence-electron chi connectivity index (χ2n) is 8.62. The number of likely N-dealkylation sites (tertiary alicyclic amines) is 1. The van der Waals surface area contributed by atoms with Crippen LogP contribution in [0, 0.1) is 12.8 Å². The molecular weight excluding hydrogens is 418 g/mol. The molecule has 0 unspecified atom stereocenters. The fourth-order valence-electron chi connectivity index (χ4n) is 5.15. The highest BCUT2D eigenvalue weighted by Gasteiger charge is 2.58. The molecule has 1 saturated heterocycles. The van der Waals surface area contributed by atoms with Crippen LogP contribution in [0.5, 0.6) is 0 Å². The minimum Gasteiger partial charge on any atom is -0.361 e. The Morgan fingerprint density at radius 2 is 2.23 bits per heavy atom. The van der Waals surface area contributed by atoms with Gasteiger partial charge in [0.25, 0.3) is 5.91 Å². The first kappa shape index (κ1) is 20.2. The second-order valence-corrected chi connectivity index (χ2v) is 10.7. The third kappa shape index (κ3) is 3.43. The molecule has 1 aromatic carbocycles. The maximum atomic E-state index is 13.3. The number of hydrogen-bond acceptors (Lipinski definition) is 6. The molecule has 164 valence electrons. The van der Waals surface area contributed by atoms with E-state index in [4.69, 9.17) is 4.52 Å². The number of amides is 1. The van der Waals surface area contributed by atoms with E-state index in [0.717, 1.165) is 10.9 Å². The predicted octanol–water partition coefficient (Wildman–Crippen LogP) is 1.97. The molecule has 1 amide bonds. The number of sulfonamides is 1. The van der Waals surface area contributed by atoms with Gasteiger partial charge < -0.3 is 14.4 Å². The van der Waals surface area contributed by atoms with E-state index in [0.29, 0.717) is 43.2 Å². The summed E-state index contributed by atoms with van der Waals surface area (Å²) in [5.74, 6) is 1.04. The number of carbonyl (C=O) groups is 1. The van der Waals surface area contributed by atoms with Gasteiger partial charge >= 0.3 is 0 Å². The van der Waals surface area contributed by atoms with Crippen molar-refractivity contribution in [2.45, 2.75) is 38.1 Å². The number of aromatic nitrogens is 3. The summed E-state index contributed by atoms with van der Waals surface area (Å²) in [5.41, 5.74) is 0.991. The van der Waals surface area contributed by atoms with Crippen molar-refractivity contribution < 1.29 is 17.7 Å². The molecule has 31 heavy (non-hydrogen) atoms. The molecular formula is C21H25N5O4S. The molecule has 3 aromatic rings. The molecule has 2 aliphatic rings. The van der Waals surface area contributed by atoms with Gasteiger partial charge in [0, 0.05) is 36.4 Å². The Hall–Kier alpha value is -2.72. The van der Waals surface area contributed by atoms with Gasteiger partial charge in [-0.1, -0.05) is 11.2 Å². The van der Waals surface area contributed by atoms with Gasteiger partial charge in [0.05, 0.1) is 11.2 Å². The standard InChI is InChI=1S/C21H25N5O4S/c1-3-31(28,29)25-17-9-16-11-26(12-21(16,10-17)20-23-13(2)24-30-20)19(27)15-5-4-14-6-7-22-18(14)8-15/h4-8,16-17,22,25H,3,9-12H2,1-2H3/t16-,17+,21-/m0/s1. The van der Waals surface area contributed by atoms with Crippen LogP contribution in [0.3, 0.4) is 0 Å². The van der Waals surface area contributed by atoms with Gasteiger partial charge in [-0.2, -0.15) is 4.98 Å². The van der Waals surface area contributed by atoms with E-state index in [-0.39, 0.29) is 23.6 Å². The Balaban J connectivity index is 1.44. The topological polar surface area (TPSA) is 121 Å². The summed E-state index contributed by atoms with van der Waals surface area (Å²) in [6.07, 6.45) is 3.00. The summed E-state index contributed by atoms with van der Waals surface area (Å²) in [5, 5.41) is 5.01. The molecule has 2 N–H and O–H groups in total. The van der Waals surface area contributed by atoms with E-state index in [1.54, 1.807) is 13.8 Å². The number of nitrogens with zero attached hydrogens (tertiary/aromatic N) is 3. The van der Waals surface area contributed by atoms with Crippen molar-refractivity contribution in [3.63, 3.8) is 0 Å². The van der Waals surface area contributed by atoms with Gasteiger partial charge in [0.15, 0.2) is 5.82 Å². The number of rotatable bonds is 5. The second kappa shape index (κ2) is 7.16. The third-order valence-corrected chi connectivity index (χ3v) is 8.10. The molecule has 5 rings (SSSR count). The van der Waals surface area contributed by atoms with Crippen LogP contribution < -0.4 is 4.72 Å². The molecule has 1 aliphatic heterocycles. The Bertz CT molecular complexity index is 1250. The Morgan fingerprint density at radius 1 is 1.39 bits per heavy atom. The largest absolute Gasteiger partial charge is 0.361 e. The average Bonchev–Trinajstić information content (AvgIpc) is 3.49. The molecule has 0 radical (unpaired) electrons. The Morgan fingerprint density at radius 3 is 2.97 bits per heavy atom. The fraction of sp³-hybridized carbons (Fsp3) is 0.476. The number of H-pyrrole nitrogens is 1. The quantitative estimate of drug-likeness (QED) is 0.622. The van der Waals surface area contributed by atoms with Crippen LogP contribution in [0.4, 0.5) is 0 Å². The molecule has 10 heteroatoms. The van der Waals surface area contributed by atoms with Crippen LogP contribution in [0.2, 0.25) is 0 Å². The van der Waals surface area contributed by atoms with E-state index in [1.807, 2.05) is 35.4 Å². The fourth-order valence-corrected chi connectivity index (χ4v) is 6.00. The summed E-state index contributed by atoms with van der Waals surface area (Å²) in [6.45, 7) is 4.32. The van der Waals surface area contributed by atoms with Crippen molar-refractivity contribution in [3.05, 3.63) is 47.7 Å². The SMILES string of the molecule is CCS(=O)(=O)N[C@@H]1C[C@H]2CN(C(=O)c3ccc4cc[nH]c4c3)C[C@@]2(c2nc(C)no2)C1. The highest BCUT2D eigenvalue weighted by molar-refractivity contribution is 7.89. The summed E-state index contributed by atoms with van der Waals surface area (Å²) in [6, 6.07) is 7.40. The minimum atomic E-state index is -3.33. The monoisotopic (exact) mass is 443 g/mol. The molecule has 2 aromatic heterocycles. The normalized spacial score (nSPS) is 25.9. The summed E-state index contributed by atoms with van der Waals surface area (Å²) in [7, 11) is -3.33. The highest BCUT2D eigenvalue weighted by atomic mass is 32.2. The van der Waals surface area contributed by atoms with Gasteiger partial charge in [0.2, 0.25) is 15.9 Å². The van der Waals surface area contributed by atoms with Gasteiger partial charge in [-0.25, -0.2) is 13.1 Å². The lowest BCUT2D eigenvalue weighted by Crippen LogP contribution is -2.39. The van der Waals surface area contributed by atoms with Crippen LogP contribution in [0.15, 0.2) is 35.0 Å². The number of fused-ring (bicyclic) bond motifs is 2. The van der Waals surface area contributed by atoms with Crippen LogP contribution in [0.1, 0.15) is 41.8 Å². The van der Waals surface area contributed by atoms with Crippen molar-refractivity contribution in [2.75, 3.05) is 18.8 Å². The zero-order valence-electron chi connectivity index (χ0n) is 17.5. The van der Waals surface area contributed by atoms with Crippen LogP contribution in [-0.2, 0) is 15.4 Å². The van der Waals surface area contributed by atoms with Crippen molar-refractivity contribution in [2.24, 2.45) is 5.92 Å². The molecule has 2 fully saturated rings. The van der Waals surface area contributed by atoms with Gasteiger partial charge in [-0.15, -0.1) is 0 Å². The van der Waals surface area contributed by atoms with Crippen molar-refractivity contribution in [3.8, 4) is 0 Å².